The first-order valence-corrected chi connectivity index (χ1v) is 6.57. The van der Waals surface area contributed by atoms with Gasteiger partial charge in [0.1, 0.15) is 5.60 Å². The molecule has 4 atom stereocenters. The second-order valence-electron chi connectivity index (χ2n) is 5.48. The number of carbonyl (C=O) groups is 2. The van der Waals surface area contributed by atoms with Gasteiger partial charge in [-0.2, -0.15) is 0 Å². The van der Waals surface area contributed by atoms with E-state index in [-0.39, 0.29) is 5.91 Å². The zero-order valence-corrected chi connectivity index (χ0v) is 10.6. The molecule has 102 valence electrons. The predicted octanol–water partition coefficient (Wildman–Crippen LogP) is -0.277. The summed E-state index contributed by atoms with van der Waals surface area (Å²) in [4.78, 5) is 25.5. The van der Waals surface area contributed by atoms with E-state index in [1.165, 1.54) is 0 Å². The first kappa shape index (κ1) is 11.7. The van der Waals surface area contributed by atoms with Crippen molar-refractivity contribution in [3.8, 4) is 0 Å². The van der Waals surface area contributed by atoms with E-state index >= 15 is 0 Å². The molecule has 1 aromatic rings. The van der Waals surface area contributed by atoms with Crippen molar-refractivity contribution in [2.45, 2.75) is 11.7 Å². The number of rotatable bonds is 2. The standard InChI is InChI=1S/C15H13NO4/c17-13-12-11(14(18)19)10-6-7-15(12,20-10)8-16(13)9-4-2-1-3-5-9/h1-7,10-12H,8H2,(H,18,19)/p-1/t10-,11+,12-,15+/m0/s1. The SMILES string of the molecule is O=C([O-])[C@@H]1[C@@H]2C=C[C@]3(CN(c4ccccc4)C(=O)[C@H]13)O2. The molecular formula is C15H12NO4-. The summed E-state index contributed by atoms with van der Waals surface area (Å²) >= 11 is 0. The van der Waals surface area contributed by atoms with Crippen LogP contribution in [0.15, 0.2) is 42.5 Å². The van der Waals surface area contributed by atoms with E-state index in [0.717, 1.165) is 5.69 Å². The number of hydrogen-bond donors (Lipinski definition) is 0. The Morgan fingerprint density at radius 3 is 2.80 bits per heavy atom. The van der Waals surface area contributed by atoms with Crippen molar-refractivity contribution < 1.29 is 19.4 Å². The highest BCUT2D eigenvalue weighted by atomic mass is 16.5. The van der Waals surface area contributed by atoms with Crippen molar-refractivity contribution >= 4 is 17.6 Å². The monoisotopic (exact) mass is 270 g/mol. The number of carboxylic acids is 1. The first-order valence-electron chi connectivity index (χ1n) is 6.57. The lowest BCUT2D eigenvalue weighted by atomic mass is 9.77. The molecule has 3 aliphatic rings. The third kappa shape index (κ3) is 1.30. The lowest BCUT2D eigenvalue weighted by Gasteiger charge is -2.24. The smallest absolute Gasteiger partial charge is 0.234 e. The number of carbonyl (C=O) groups excluding carboxylic acids is 2. The van der Waals surface area contributed by atoms with Gasteiger partial charge in [-0.3, -0.25) is 4.79 Å². The predicted molar refractivity (Wildman–Crippen MR) is 67.5 cm³/mol. The average Bonchev–Trinajstić information content (AvgIpc) is 3.08. The highest BCUT2D eigenvalue weighted by Crippen LogP contribution is 2.52. The van der Waals surface area contributed by atoms with Crippen molar-refractivity contribution in [2.24, 2.45) is 11.8 Å². The maximum absolute atomic E-state index is 12.6. The van der Waals surface area contributed by atoms with Crippen LogP contribution in [0.4, 0.5) is 5.69 Å². The van der Waals surface area contributed by atoms with Crippen LogP contribution in [-0.2, 0) is 14.3 Å². The summed E-state index contributed by atoms with van der Waals surface area (Å²) in [7, 11) is 0. The fourth-order valence-corrected chi connectivity index (χ4v) is 3.59. The van der Waals surface area contributed by atoms with Gasteiger partial charge in [0, 0.05) is 17.6 Å². The van der Waals surface area contributed by atoms with Crippen LogP contribution >= 0.6 is 0 Å². The van der Waals surface area contributed by atoms with Crippen molar-refractivity contribution in [1.82, 2.24) is 0 Å². The number of nitrogens with zero attached hydrogens (tertiary/aromatic N) is 1. The van der Waals surface area contributed by atoms with E-state index in [1.807, 2.05) is 36.4 Å². The Kier molecular flexibility index (Phi) is 2.16. The maximum atomic E-state index is 12.6. The molecule has 5 heteroatoms. The van der Waals surface area contributed by atoms with Gasteiger partial charge < -0.3 is 19.5 Å². The molecule has 20 heavy (non-hydrogen) atoms. The zero-order valence-electron chi connectivity index (χ0n) is 10.6. The molecule has 1 amide bonds. The van der Waals surface area contributed by atoms with Crippen LogP contribution < -0.4 is 10.0 Å². The van der Waals surface area contributed by atoms with Crippen LogP contribution in [0, 0.1) is 11.8 Å². The van der Waals surface area contributed by atoms with Crippen molar-refractivity contribution in [2.75, 3.05) is 11.4 Å². The van der Waals surface area contributed by atoms with Crippen molar-refractivity contribution in [1.29, 1.82) is 0 Å². The van der Waals surface area contributed by atoms with Gasteiger partial charge in [-0.05, 0) is 12.1 Å². The average molecular weight is 270 g/mol. The van der Waals surface area contributed by atoms with Gasteiger partial charge in [-0.1, -0.05) is 30.4 Å². The molecular weight excluding hydrogens is 258 g/mol. The number of para-hydroxylation sites is 1. The largest absolute Gasteiger partial charge is 0.550 e. The molecule has 1 aromatic carbocycles. The van der Waals surface area contributed by atoms with Gasteiger partial charge in [0.05, 0.1) is 18.6 Å². The molecule has 0 unspecified atom stereocenters. The number of amides is 1. The molecule has 0 radical (unpaired) electrons. The summed E-state index contributed by atoms with van der Waals surface area (Å²) in [5.74, 6) is -2.98. The Balaban J connectivity index is 1.76. The van der Waals surface area contributed by atoms with Crippen molar-refractivity contribution in [3.05, 3.63) is 42.5 Å². The Bertz CT molecular complexity index is 626. The topological polar surface area (TPSA) is 69.7 Å². The fourth-order valence-electron chi connectivity index (χ4n) is 3.59. The maximum Gasteiger partial charge on any atom is 0.234 e. The van der Waals surface area contributed by atoms with E-state index in [9.17, 15) is 14.7 Å². The Hall–Kier alpha value is -2.14. The normalized spacial score (nSPS) is 37.5. The Morgan fingerprint density at radius 1 is 1.35 bits per heavy atom. The van der Waals surface area contributed by atoms with Gasteiger partial charge in [-0.15, -0.1) is 0 Å². The molecule has 4 rings (SSSR count). The van der Waals surface area contributed by atoms with Gasteiger partial charge in [0.15, 0.2) is 0 Å². The molecule has 1 spiro atoms. The van der Waals surface area contributed by atoms with Crippen molar-refractivity contribution in [3.63, 3.8) is 0 Å². The van der Waals surface area contributed by atoms with E-state index in [2.05, 4.69) is 0 Å². The Morgan fingerprint density at radius 2 is 2.10 bits per heavy atom. The molecule has 2 saturated heterocycles. The number of aliphatic carboxylic acids is 1. The number of anilines is 1. The van der Waals surface area contributed by atoms with Gasteiger partial charge in [-0.25, -0.2) is 0 Å². The van der Waals surface area contributed by atoms with Crippen LogP contribution in [-0.4, -0.2) is 30.1 Å². The van der Waals surface area contributed by atoms with Gasteiger partial charge in [0.25, 0.3) is 0 Å². The summed E-state index contributed by atoms with van der Waals surface area (Å²) in [6.07, 6.45) is 3.04. The van der Waals surface area contributed by atoms with E-state index in [0.29, 0.717) is 6.54 Å². The van der Waals surface area contributed by atoms with Crippen LogP contribution in [0.2, 0.25) is 0 Å². The highest BCUT2D eigenvalue weighted by Gasteiger charge is 2.65. The molecule has 2 fully saturated rings. The molecule has 3 heterocycles. The summed E-state index contributed by atoms with van der Waals surface area (Å²) in [6, 6.07) is 9.23. The van der Waals surface area contributed by atoms with Crippen LogP contribution in [0.5, 0.6) is 0 Å². The quantitative estimate of drug-likeness (QED) is 0.693. The lowest BCUT2D eigenvalue weighted by Crippen LogP contribution is -2.45. The number of carboxylic acid groups (broad SMARTS) is 1. The van der Waals surface area contributed by atoms with Gasteiger partial charge >= 0.3 is 0 Å². The molecule has 0 N–H and O–H groups in total. The van der Waals surface area contributed by atoms with E-state index in [4.69, 9.17) is 4.74 Å². The molecule has 0 aliphatic carbocycles. The van der Waals surface area contributed by atoms with Crippen LogP contribution in [0.1, 0.15) is 0 Å². The zero-order chi connectivity index (χ0) is 13.9. The minimum Gasteiger partial charge on any atom is -0.550 e. The first-order chi connectivity index (χ1) is 9.62. The molecule has 0 aromatic heterocycles. The van der Waals surface area contributed by atoms with Crippen LogP contribution in [0.3, 0.4) is 0 Å². The third-order valence-electron chi connectivity index (χ3n) is 4.44. The summed E-state index contributed by atoms with van der Waals surface area (Å²) in [6.45, 7) is 0.358. The second-order valence-corrected chi connectivity index (χ2v) is 5.48. The minimum absolute atomic E-state index is 0.197. The Labute approximate surface area is 115 Å². The number of benzene rings is 1. The lowest BCUT2D eigenvalue weighted by molar-refractivity contribution is -0.313. The second kappa shape index (κ2) is 3.70. The number of fused-ring (bicyclic) bond motifs is 1. The van der Waals surface area contributed by atoms with E-state index < -0.39 is 29.5 Å². The highest BCUT2D eigenvalue weighted by molar-refractivity contribution is 6.02. The van der Waals surface area contributed by atoms with Gasteiger partial charge in [0.2, 0.25) is 5.91 Å². The molecule has 2 bridgehead atoms. The molecule has 5 nitrogen and oxygen atoms in total. The minimum atomic E-state index is -1.21. The number of ether oxygens (including phenoxy) is 1. The summed E-state index contributed by atoms with van der Waals surface area (Å²) in [5.41, 5.74) is -0.0404. The number of hydrogen-bond acceptors (Lipinski definition) is 4. The molecule has 0 saturated carbocycles. The third-order valence-corrected chi connectivity index (χ3v) is 4.44. The molecule has 3 aliphatic heterocycles. The summed E-state index contributed by atoms with van der Waals surface area (Å²) < 4.78 is 5.79. The fraction of sp³-hybridized carbons (Fsp3) is 0.333. The summed E-state index contributed by atoms with van der Waals surface area (Å²) in [5, 5.41) is 11.3. The van der Waals surface area contributed by atoms with E-state index in [1.54, 1.807) is 11.0 Å². The van der Waals surface area contributed by atoms with Crippen LogP contribution in [0.25, 0.3) is 0 Å².